The highest BCUT2D eigenvalue weighted by atomic mass is 16.5. The Morgan fingerprint density at radius 3 is 2.76 bits per heavy atom. The Morgan fingerprint density at radius 1 is 1.48 bits per heavy atom. The molecule has 6 nitrogen and oxygen atoms in total. The molecule has 3 atom stereocenters. The summed E-state index contributed by atoms with van der Waals surface area (Å²) in [5.74, 6) is -0.335. The van der Waals surface area contributed by atoms with E-state index in [4.69, 9.17) is 4.74 Å². The molecule has 1 fully saturated rings. The lowest BCUT2D eigenvalue weighted by Crippen LogP contribution is -2.52. The highest BCUT2D eigenvalue weighted by Gasteiger charge is 2.25. The minimum absolute atomic E-state index is 0.147. The van der Waals surface area contributed by atoms with Gasteiger partial charge in [-0.2, -0.15) is 0 Å². The van der Waals surface area contributed by atoms with Crippen LogP contribution in [0.3, 0.4) is 0 Å². The Balaban J connectivity index is 1.89. The van der Waals surface area contributed by atoms with Crippen LogP contribution in [0, 0.1) is 0 Å². The average molecular weight is 293 g/mol. The summed E-state index contributed by atoms with van der Waals surface area (Å²) in [6.07, 6.45) is 1.91. The fourth-order valence-electron chi connectivity index (χ4n) is 2.64. The predicted octanol–water partition coefficient (Wildman–Crippen LogP) is 0.602. The Morgan fingerprint density at radius 2 is 2.14 bits per heavy atom. The summed E-state index contributed by atoms with van der Waals surface area (Å²) in [6, 6.07) is 3.37. The van der Waals surface area contributed by atoms with Crippen LogP contribution in [0.1, 0.15) is 31.1 Å². The summed E-state index contributed by atoms with van der Waals surface area (Å²) in [7, 11) is 0. The maximum absolute atomic E-state index is 12.0. The van der Waals surface area contributed by atoms with Crippen LogP contribution in [0.25, 0.3) is 0 Å². The van der Waals surface area contributed by atoms with Crippen molar-refractivity contribution < 1.29 is 9.53 Å². The van der Waals surface area contributed by atoms with Gasteiger partial charge in [-0.15, -0.1) is 0 Å². The van der Waals surface area contributed by atoms with Gasteiger partial charge in [-0.3, -0.25) is 14.5 Å². The Hall–Kier alpha value is -1.66. The Labute approximate surface area is 124 Å². The minimum Gasteiger partial charge on any atom is -0.373 e. The number of aromatic nitrogens is 1. The molecule has 6 heteroatoms. The highest BCUT2D eigenvalue weighted by Crippen LogP contribution is 2.13. The second kappa shape index (κ2) is 6.87. The molecular formula is C15H23N3O3. The van der Waals surface area contributed by atoms with Crippen molar-refractivity contribution in [2.45, 2.75) is 39.0 Å². The molecule has 2 rings (SSSR count). The maximum atomic E-state index is 12.0. The molecule has 0 bridgehead atoms. The molecular weight excluding hydrogens is 270 g/mol. The molecule has 1 aromatic heterocycles. The number of hydrogen-bond donors (Lipinski definition) is 2. The first-order valence-corrected chi connectivity index (χ1v) is 7.32. The summed E-state index contributed by atoms with van der Waals surface area (Å²) in [6.45, 7) is 8.39. The number of hydrogen-bond acceptors (Lipinski definition) is 4. The second-order valence-electron chi connectivity index (χ2n) is 5.68. The molecule has 2 heterocycles. The number of aromatic amines is 1. The molecule has 116 valence electrons. The zero-order chi connectivity index (χ0) is 15.4. The van der Waals surface area contributed by atoms with Crippen LogP contribution >= 0.6 is 0 Å². The standard InChI is InChI=1S/C15H23N3O3/c1-10(18-8-11(2)21-12(3)9-18)7-17-15(20)13-5-4-6-16-14(13)19/h4-6,10-12H,7-9H2,1-3H3,(H,16,19)(H,17,20)/t10-,11-,12+/m1/s1. The van der Waals surface area contributed by atoms with Crippen LogP contribution in [0.4, 0.5) is 0 Å². The first kappa shape index (κ1) is 15.7. The summed E-state index contributed by atoms with van der Waals surface area (Å²) in [5, 5.41) is 2.83. The van der Waals surface area contributed by atoms with Gasteiger partial charge < -0.3 is 15.0 Å². The second-order valence-corrected chi connectivity index (χ2v) is 5.68. The van der Waals surface area contributed by atoms with Gasteiger partial charge in [-0.05, 0) is 32.9 Å². The first-order chi connectivity index (χ1) is 9.97. The monoisotopic (exact) mass is 293 g/mol. The van der Waals surface area contributed by atoms with Gasteiger partial charge in [0.05, 0.1) is 12.2 Å². The number of nitrogens with zero attached hydrogens (tertiary/aromatic N) is 1. The lowest BCUT2D eigenvalue weighted by molar-refractivity contribution is -0.0778. The Kier molecular flexibility index (Phi) is 5.14. The van der Waals surface area contributed by atoms with E-state index < -0.39 is 0 Å². The van der Waals surface area contributed by atoms with E-state index in [1.54, 1.807) is 6.07 Å². The fourth-order valence-corrected chi connectivity index (χ4v) is 2.64. The largest absolute Gasteiger partial charge is 0.373 e. The van der Waals surface area contributed by atoms with E-state index in [0.717, 1.165) is 13.1 Å². The quantitative estimate of drug-likeness (QED) is 0.852. The number of H-pyrrole nitrogens is 1. The zero-order valence-corrected chi connectivity index (χ0v) is 12.8. The third-order valence-electron chi connectivity index (χ3n) is 3.69. The van der Waals surface area contributed by atoms with Gasteiger partial charge >= 0.3 is 0 Å². The normalized spacial score (nSPS) is 24.5. The van der Waals surface area contributed by atoms with Gasteiger partial charge in [0.15, 0.2) is 0 Å². The molecule has 21 heavy (non-hydrogen) atoms. The third-order valence-corrected chi connectivity index (χ3v) is 3.69. The van der Waals surface area contributed by atoms with E-state index in [1.807, 2.05) is 0 Å². The van der Waals surface area contributed by atoms with Gasteiger partial charge in [0.25, 0.3) is 11.5 Å². The first-order valence-electron chi connectivity index (χ1n) is 7.32. The van der Waals surface area contributed by atoms with Crippen LogP contribution in [0.5, 0.6) is 0 Å². The van der Waals surface area contributed by atoms with Crippen LogP contribution < -0.4 is 10.9 Å². The van der Waals surface area contributed by atoms with Crippen LogP contribution in [-0.2, 0) is 4.74 Å². The van der Waals surface area contributed by atoms with Crippen molar-refractivity contribution in [1.82, 2.24) is 15.2 Å². The van der Waals surface area contributed by atoms with Crippen molar-refractivity contribution in [3.63, 3.8) is 0 Å². The predicted molar refractivity (Wildman–Crippen MR) is 80.4 cm³/mol. The molecule has 1 aromatic rings. The lowest BCUT2D eigenvalue weighted by atomic mass is 10.1. The summed E-state index contributed by atoms with van der Waals surface area (Å²) >= 11 is 0. The minimum atomic E-state index is -0.365. The Bertz CT molecular complexity index is 533. The number of carbonyl (C=O) groups excluding carboxylic acids is 1. The number of ether oxygens (including phenoxy) is 1. The molecule has 0 aromatic carbocycles. The van der Waals surface area contributed by atoms with Gasteiger partial charge in [-0.25, -0.2) is 0 Å². The van der Waals surface area contributed by atoms with Gasteiger partial charge in [0, 0.05) is 31.9 Å². The zero-order valence-electron chi connectivity index (χ0n) is 12.8. The number of rotatable bonds is 4. The average Bonchev–Trinajstić information content (AvgIpc) is 2.43. The molecule has 1 aliphatic rings. The topological polar surface area (TPSA) is 74.4 Å². The third kappa shape index (κ3) is 4.15. The van der Waals surface area contributed by atoms with Gasteiger partial charge in [0.1, 0.15) is 5.56 Å². The number of pyridine rings is 1. The fraction of sp³-hybridized carbons (Fsp3) is 0.600. The van der Waals surface area contributed by atoms with Crippen molar-refractivity contribution >= 4 is 5.91 Å². The van der Waals surface area contributed by atoms with Crippen LogP contribution in [-0.4, -0.2) is 53.7 Å². The summed E-state index contributed by atoms with van der Waals surface area (Å²) in [4.78, 5) is 28.4. The van der Waals surface area contributed by atoms with E-state index in [-0.39, 0.29) is 35.3 Å². The number of nitrogens with one attached hydrogen (secondary N) is 2. The number of morpholine rings is 1. The van der Waals surface area contributed by atoms with Gasteiger partial charge in [0.2, 0.25) is 0 Å². The molecule has 0 spiro atoms. The maximum Gasteiger partial charge on any atom is 0.260 e. The van der Waals surface area contributed by atoms with Crippen molar-refractivity contribution in [2.24, 2.45) is 0 Å². The SMILES string of the molecule is C[C@@H]1CN([C@H](C)CNC(=O)c2ccc[nH]c2=O)C[C@H](C)O1. The molecule has 1 amide bonds. The van der Waals surface area contributed by atoms with E-state index in [0.29, 0.717) is 6.54 Å². The van der Waals surface area contributed by atoms with Crippen LogP contribution in [0.2, 0.25) is 0 Å². The molecule has 1 aliphatic heterocycles. The summed E-state index contributed by atoms with van der Waals surface area (Å²) < 4.78 is 5.70. The van der Waals surface area contributed by atoms with E-state index in [9.17, 15) is 9.59 Å². The van der Waals surface area contributed by atoms with Gasteiger partial charge in [-0.1, -0.05) is 0 Å². The molecule has 0 radical (unpaired) electrons. The molecule has 2 N–H and O–H groups in total. The number of carbonyl (C=O) groups is 1. The van der Waals surface area contributed by atoms with Crippen molar-refractivity contribution in [3.8, 4) is 0 Å². The van der Waals surface area contributed by atoms with E-state index in [1.165, 1.54) is 12.3 Å². The molecule has 0 aliphatic carbocycles. The molecule has 0 unspecified atom stereocenters. The number of amides is 1. The van der Waals surface area contributed by atoms with E-state index in [2.05, 4.69) is 36.0 Å². The van der Waals surface area contributed by atoms with Crippen molar-refractivity contribution in [1.29, 1.82) is 0 Å². The molecule has 0 saturated carbocycles. The van der Waals surface area contributed by atoms with E-state index >= 15 is 0 Å². The smallest absolute Gasteiger partial charge is 0.260 e. The molecule has 1 saturated heterocycles. The van der Waals surface area contributed by atoms with Crippen molar-refractivity contribution in [2.75, 3.05) is 19.6 Å². The summed E-state index contributed by atoms with van der Waals surface area (Å²) in [5.41, 5.74) is -0.218. The van der Waals surface area contributed by atoms with Crippen molar-refractivity contribution in [3.05, 3.63) is 34.2 Å². The highest BCUT2D eigenvalue weighted by molar-refractivity contribution is 5.93. The van der Waals surface area contributed by atoms with Crippen LogP contribution in [0.15, 0.2) is 23.1 Å². The lowest BCUT2D eigenvalue weighted by Gasteiger charge is -2.38.